The topological polar surface area (TPSA) is 12.0 Å². The minimum absolute atomic E-state index is 0.235. The molecule has 1 aliphatic carbocycles. The van der Waals surface area contributed by atoms with Crippen molar-refractivity contribution in [3.8, 4) is 0 Å². The van der Waals surface area contributed by atoms with Gasteiger partial charge in [0.2, 0.25) is 0 Å². The van der Waals surface area contributed by atoms with Gasteiger partial charge in [0.15, 0.2) is 0 Å². The molecule has 2 aliphatic rings. The summed E-state index contributed by atoms with van der Waals surface area (Å²) in [6.45, 7) is 0.842. The third kappa shape index (κ3) is 1.94. The van der Waals surface area contributed by atoms with Crippen LogP contribution in [0.25, 0.3) is 0 Å². The zero-order chi connectivity index (χ0) is 11.9. The lowest BCUT2D eigenvalue weighted by Gasteiger charge is -2.34. The summed E-state index contributed by atoms with van der Waals surface area (Å²) in [6.07, 6.45) is 6.48. The zero-order valence-corrected chi connectivity index (χ0v) is 11.3. The highest BCUT2D eigenvalue weighted by Crippen LogP contribution is 2.50. The Hall–Kier alpha value is -0.400. The first-order valence-corrected chi connectivity index (χ1v) is 7.18. The molecule has 0 saturated heterocycles. The van der Waals surface area contributed by atoms with E-state index in [0.29, 0.717) is 5.92 Å². The summed E-state index contributed by atoms with van der Waals surface area (Å²) < 4.78 is 0. The molecule has 3 heteroatoms. The van der Waals surface area contributed by atoms with Crippen molar-refractivity contribution < 1.29 is 0 Å². The molecule has 1 N–H and O–H groups in total. The number of benzene rings is 1. The molecule has 1 aromatic carbocycles. The summed E-state index contributed by atoms with van der Waals surface area (Å²) >= 11 is 13.0. The average Bonchev–Trinajstić information content (AvgIpc) is 2.70. The number of hydrogen-bond donors (Lipinski definition) is 1. The van der Waals surface area contributed by atoms with Crippen molar-refractivity contribution in [3.05, 3.63) is 28.8 Å². The van der Waals surface area contributed by atoms with Crippen molar-refractivity contribution in [1.29, 1.82) is 0 Å². The third-order valence-electron chi connectivity index (χ3n) is 4.22. The summed E-state index contributed by atoms with van der Waals surface area (Å²) in [7, 11) is 0. The van der Waals surface area contributed by atoms with Gasteiger partial charge in [0, 0.05) is 17.3 Å². The van der Waals surface area contributed by atoms with Crippen LogP contribution in [0.3, 0.4) is 0 Å². The molecular weight excluding hydrogens is 253 g/mol. The van der Waals surface area contributed by atoms with Gasteiger partial charge < -0.3 is 5.32 Å². The van der Waals surface area contributed by atoms with Gasteiger partial charge in [0.1, 0.15) is 0 Å². The van der Waals surface area contributed by atoms with Crippen LogP contribution in [0, 0.1) is 5.92 Å². The maximum Gasteiger partial charge on any atom is 0.0914 e. The number of halogens is 2. The lowest BCUT2D eigenvalue weighted by Crippen LogP contribution is -2.33. The molecular formula is C14H17Cl2N. The number of rotatable bonds is 1. The van der Waals surface area contributed by atoms with Crippen LogP contribution in [0.4, 0.5) is 5.69 Å². The molecule has 0 bridgehead atoms. The molecule has 1 aromatic rings. The van der Waals surface area contributed by atoms with Gasteiger partial charge >= 0.3 is 0 Å². The molecule has 0 radical (unpaired) electrons. The lowest BCUT2D eigenvalue weighted by molar-refractivity contribution is 0.288. The molecule has 1 saturated carbocycles. The highest BCUT2D eigenvalue weighted by atomic mass is 35.5. The fourth-order valence-electron chi connectivity index (χ4n) is 3.26. The van der Waals surface area contributed by atoms with E-state index in [1.807, 2.05) is 18.2 Å². The molecule has 92 valence electrons. The van der Waals surface area contributed by atoms with E-state index in [1.54, 1.807) is 0 Å². The number of nitrogens with one attached hydrogen (secondary N) is 1. The predicted molar refractivity (Wildman–Crippen MR) is 74.0 cm³/mol. The first kappa shape index (κ1) is 11.7. The Morgan fingerprint density at radius 3 is 2.71 bits per heavy atom. The fourth-order valence-corrected chi connectivity index (χ4v) is 3.87. The molecule has 1 nitrogen and oxygen atoms in total. The molecule has 3 rings (SSSR count). The van der Waals surface area contributed by atoms with Gasteiger partial charge in [-0.2, -0.15) is 0 Å². The average molecular weight is 270 g/mol. The van der Waals surface area contributed by atoms with Crippen LogP contribution in [-0.2, 0) is 4.87 Å². The zero-order valence-electron chi connectivity index (χ0n) is 9.81. The normalized spacial score (nSPS) is 28.8. The minimum Gasteiger partial charge on any atom is -0.383 e. The largest absolute Gasteiger partial charge is 0.383 e. The van der Waals surface area contributed by atoms with Gasteiger partial charge in [0.25, 0.3) is 0 Å². The number of hydrogen-bond acceptors (Lipinski definition) is 1. The third-order valence-corrected chi connectivity index (χ3v) is 5.10. The van der Waals surface area contributed by atoms with Crippen molar-refractivity contribution in [2.24, 2.45) is 5.92 Å². The first-order chi connectivity index (χ1) is 8.20. The van der Waals surface area contributed by atoms with E-state index in [0.717, 1.165) is 17.3 Å². The minimum atomic E-state index is -0.235. The predicted octanol–water partition coefficient (Wildman–Crippen LogP) is 4.78. The van der Waals surface area contributed by atoms with Crippen molar-refractivity contribution in [3.63, 3.8) is 0 Å². The summed E-state index contributed by atoms with van der Waals surface area (Å²) in [6, 6.07) is 6.01. The van der Waals surface area contributed by atoms with E-state index in [4.69, 9.17) is 23.2 Å². The molecule has 1 unspecified atom stereocenters. The Kier molecular flexibility index (Phi) is 3.00. The Balaban J connectivity index is 1.97. The number of fused-ring (bicyclic) bond motifs is 1. The quantitative estimate of drug-likeness (QED) is 0.724. The van der Waals surface area contributed by atoms with Crippen LogP contribution in [-0.4, -0.2) is 6.54 Å². The summed E-state index contributed by atoms with van der Waals surface area (Å²) in [5.74, 6) is 0.588. The molecule has 0 amide bonds. The molecule has 1 fully saturated rings. The maximum absolute atomic E-state index is 6.93. The SMILES string of the molecule is Clc1ccc2c(c1)C(Cl)(C1CCCCC1)CN2. The van der Waals surface area contributed by atoms with E-state index in [-0.39, 0.29) is 4.87 Å². The van der Waals surface area contributed by atoms with Crippen molar-refractivity contribution in [2.75, 3.05) is 11.9 Å². The molecule has 1 aliphatic heterocycles. The van der Waals surface area contributed by atoms with E-state index in [2.05, 4.69) is 5.32 Å². The second-order valence-electron chi connectivity index (χ2n) is 5.24. The van der Waals surface area contributed by atoms with Gasteiger partial charge in [0.05, 0.1) is 4.87 Å². The van der Waals surface area contributed by atoms with Crippen molar-refractivity contribution >= 4 is 28.9 Å². The van der Waals surface area contributed by atoms with Crippen LogP contribution < -0.4 is 5.32 Å². The van der Waals surface area contributed by atoms with E-state index in [9.17, 15) is 0 Å². The van der Waals surface area contributed by atoms with E-state index >= 15 is 0 Å². The van der Waals surface area contributed by atoms with Crippen molar-refractivity contribution in [2.45, 2.75) is 37.0 Å². The van der Waals surface area contributed by atoms with Crippen LogP contribution in [0.2, 0.25) is 5.02 Å². The van der Waals surface area contributed by atoms with Gasteiger partial charge in [-0.05, 0) is 42.5 Å². The van der Waals surface area contributed by atoms with Crippen molar-refractivity contribution in [1.82, 2.24) is 0 Å². The van der Waals surface area contributed by atoms with Crippen LogP contribution in [0.1, 0.15) is 37.7 Å². The smallest absolute Gasteiger partial charge is 0.0914 e. The van der Waals surface area contributed by atoms with Crippen LogP contribution in [0.15, 0.2) is 18.2 Å². The van der Waals surface area contributed by atoms with Crippen LogP contribution in [0.5, 0.6) is 0 Å². The van der Waals surface area contributed by atoms with Gasteiger partial charge in [-0.1, -0.05) is 30.9 Å². The highest BCUT2D eigenvalue weighted by Gasteiger charge is 2.43. The Labute approximate surface area is 112 Å². The standard InChI is InChI=1S/C14H17Cl2N/c15-11-6-7-13-12(8-11)14(16,9-17-13)10-4-2-1-3-5-10/h6-8,10,17H,1-5,9H2. The summed E-state index contributed by atoms with van der Waals surface area (Å²) in [5.41, 5.74) is 2.37. The Morgan fingerprint density at radius 1 is 1.18 bits per heavy atom. The number of alkyl halides is 1. The van der Waals surface area contributed by atoms with E-state index < -0.39 is 0 Å². The Morgan fingerprint density at radius 2 is 1.94 bits per heavy atom. The summed E-state index contributed by atoms with van der Waals surface area (Å²) in [4.78, 5) is -0.235. The van der Waals surface area contributed by atoms with Gasteiger partial charge in [-0.15, -0.1) is 11.6 Å². The number of anilines is 1. The molecule has 1 heterocycles. The van der Waals surface area contributed by atoms with E-state index in [1.165, 1.54) is 37.7 Å². The Bertz CT molecular complexity index is 426. The summed E-state index contributed by atoms with van der Waals surface area (Å²) in [5, 5.41) is 4.21. The first-order valence-electron chi connectivity index (χ1n) is 6.43. The molecule has 1 atom stereocenters. The maximum atomic E-state index is 6.93. The van der Waals surface area contributed by atoms with Gasteiger partial charge in [-0.3, -0.25) is 0 Å². The second kappa shape index (κ2) is 4.37. The molecule has 17 heavy (non-hydrogen) atoms. The highest BCUT2D eigenvalue weighted by molar-refractivity contribution is 6.31. The van der Waals surface area contributed by atoms with Gasteiger partial charge in [-0.25, -0.2) is 0 Å². The van der Waals surface area contributed by atoms with Crippen LogP contribution >= 0.6 is 23.2 Å². The second-order valence-corrected chi connectivity index (χ2v) is 6.35. The molecule has 0 spiro atoms. The fraction of sp³-hybridized carbons (Fsp3) is 0.571. The molecule has 0 aromatic heterocycles. The monoisotopic (exact) mass is 269 g/mol. The lowest BCUT2D eigenvalue weighted by atomic mass is 9.77.